The molecule has 0 fully saturated rings. The summed E-state index contributed by atoms with van der Waals surface area (Å²) in [6.45, 7) is 10.2. The molecule has 0 aliphatic carbocycles. The Labute approximate surface area is 114 Å². The first-order chi connectivity index (χ1) is 8.79. The van der Waals surface area contributed by atoms with Crippen LogP contribution in [0.5, 0.6) is 0 Å². The number of nitrogen functional groups attached to an aromatic ring is 1. The highest BCUT2D eigenvalue weighted by Crippen LogP contribution is 2.26. The SMILES string of the molecule is Cc1c(NN)nc(C(C)(C)C)nc1NC(C)CCO. The van der Waals surface area contributed by atoms with Gasteiger partial charge in [-0.1, -0.05) is 20.8 Å². The lowest BCUT2D eigenvalue weighted by Crippen LogP contribution is -2.24. The van der Waals surface area contributed by atoms with Crippen LogP contribution in [0.3, 0.4) is 0 Å². The highest BCUT2D eigenvalue weighted by Gasteiger charge is 2.21. The molecule has 19 heavy (non-hydrogen) atoms. The second-order valence-electron chi connectivity index (χ2n) is 5.82. The Kier molecular flexibility index (Phi) is 5.08. The number of hydrazine groups is 1. The number of nitrogens with one attached hydrogen (secondary N) is 2. The number of aromatic nitrogens is 2. The quantitative estimate of drug-likeness (QED) is 0.477. The third kappa shape index (κ3) is 4.04. The van der Waals surface area contributed by atoms with Crippen molar-refractivity contribution < 1.29 is 5.11 Å². The minimum atomic E-state index is -0.157. The van der Waals surface area contributed by atoms with Crippen molar-refractivity contribution in [1.82, 2.24) is 9.97 Å². The van der Waals surface area contributed by atoms with Gasteiger partial charge in [-0.2, -0.15) is 0 Å². The molecule has 1 atom stereocenters. The van der Waals surface area contributed by atoms with Crippen LogP contribution in [-0.2, 0) is 5.41 Å². The van der Waals surface area contributed by atoms with Gasteiger partial charge in [-0.3, -0.25) is 0 Å². The number of nitrogens with zero attached hydrogens (tertiary/aromatic N) is 2. The summed E-state index contributed by atoms with van der Waals surface area (Å²) in [7, 11) is 0. The normalized spacial score (nSPS) is 13.2. The lowest BCUT2D eigenvalue weighted by atomic mass is 9.95. The summed E-state index contributed by atoms with van der Waals surface area (Å²) >= 11 is 0. The van der Waals surface area contributed by atoms with E-state index in [0.29, 0.717) is 12.2 Å². The fraction of sp³-hybridized carbons (Fsp3) is 0.692. The molecule has 0 spiro atoms. The number of rotatable bonds is 5. The third-order valence-corrected chi connectivity index (χ3v) is 2.90. The van der Waals surface area contributed by atoms with Crippen LogP contribution in [0, 0.1) is 6.92 Å². The monoisotopic (exact) mass is 267 g/mol. The van der Waals surface area contributed by atoms with E-state index in [4.69, 9.17) is 10.9 Å². The highest BCUT2D eigenvalue weighted by atomic mass is 16.3. The van der Waals surface area contributed by atoms with Crippen molar-refractivity contribution in [3.8, 4) is 0 Å². The first kappa shape index (κ1) is 15.7. The number of hydrogen-bond donors (Lipinski definition) is 4. The lowest BCUT2D eigenvalue weighted by Gasteiger charge is -2.22. The molecule has 1 rings (SSSR count). The van der Waals surface area contributed by atoms with E-state index in [0.717, 1.165) is 17.2 Å². The van der Waals surface area contributed by atoms with Crippen molar-refractivity contribution in [2.24, 2.45) is 5.84 Å². The summed E-state index contributed by atoms with van der Waals surface area (Å²) in [6.07, 6.45) is 0.666. The molecule has 0 bridgehead atoms. The van der Waals surface area contributed by atoms with Crippen LogP contribution in [-0.4, -0.2) is 27.7 Å². The molecule has 0 aliphatic heterocycles. The summed E-state index contributed by atoms with van der Waals surface area (Å²) < 4.78 is 0. The summed E-state index contributed by atoms with van der Waals surface area (Å²) in [5.41, 5.74) is 3.33. The fourth-order valence-electron chi connectivity index (χ4n) is 1.63. The maximum atomic E-state index is 8.96. The van der Waals surface area contributed by atoms with Crippen LogP contribution in [0.2, 0.25) is 0 Å². The summed E-state index contributed by atoms with van der Waals surface area (Å²) in [4.78, 5) is 9.01. The van der Waals surface area contributed by atoms with E-state index in [9.17, 15) is 0 Å². The molecule has 0 radical (unpaired) electrons. The molecule has 5 N–H and O–H groups in total. The van der Waals surface area contributed by atoms with Crippen molar-refractivity contribution >= 4 is 11.6 Å². The molecule has 0 aromatic carbocycles. The number of anilines is 2. The second kappa shape index (κ2) is 6.16. The standard InChI is InChI=1S/C13H25N5O/c1-8(6-7-19)15-10-9(2)11(18-14)17-12(16-10)13(3,4)5/h8,19H,6-7,14H2,1-5H3,(H2,15,16,17,18). The summed E-state index contributed by atoms with van der Waals surface area (Å²) in [6, 6.07) is 0.136. The van der Waals surface area contributed by atoms with Gasteiger partial charge in [-0.25, -0.2) is 15.8 Å². The molecule has 108 valence electrons. The van der Waals surface area contributed by atoms with E-state index in [-0.39, 0.29) is 18.1 Å². The smallest absolute Gasteiger partial charge is 0.148 e. The molecule has 0 saturated carbocycles. The Bertz CT molecular complexity index is 428. The van der Waals surface area contributed by atoms with Crippen molar-refractivity contribution in [2.75, 3.05) is 17.3 Å². The largest absolute Gasteiger partial charge is 0.396 e. The van der Waals surface area contributed by atoms with Gasteiger partial charge in [-0.15, -0.1) is 0 Å². The first-order valence-corrected chi connectivity index (χ1v) is 6.52. The van der Waals surface area contributed by atoms with Crippen molar-refractivity contribution in [2.45, 2.75) is 52.5 Å². The molecule has 1 aromatic heterocycles. The van der Waals surface area contributed by atoms with Crippen molar-refractivity contribution in [3.63, 3.8) is 0 Å². The molecule has 1 heterocycles. The first-order valence-electron chi connectivity index (χ1n) is 6.52. The van der Waals surface area contributed by atoms with E-state index in [1.807, 2.05) is 13.8 Å². The Hall–Kier alpha value is -1.40. The average molecular weight is 267 g/mol. The van der Waals surface area contributed by atoms with Gasteiger partial charge < -0.3 is 15.8 Å². The zero-order valence-corrected chi connectivity index (χ0v) is 12.4. The number of nitrogens with two attached hydrogens (primary N) is 1. The fourth-order valence-corrected chi connectivity index (χ4v) is 1.63. The van der Waals surface area contributed by atoms with Gasteiger partial charge in [0.15, 0.2) is 0 Å². The minimum Gasteiger partial charge on any atom is -0.396 e. The second-order valence-corrected chi connectivity index (χ2v) is 5.82. The van der Waals surface area contributed by atoms with Gasteiger partial charge in [0.05, 0.1) is 0 Å². The molecule has 0 amide bonds. The number of hydrogen-bond acceptors (Lipinski definition) is 6. The lowest BCUT2D eigenvalue weighted by molar-refractivity contribution is 0.282. The summed E-state index contributed by atoms with van der Waals surface area (Å²) in [5, 5.41) is 12.3. The van der Waals surface area contributed by atoms with Crippen LogP contribution in [0.1, 0.15) is 45.5 Å². The highest BCUT2D eigenvalue weighted by molar-refractivity contribution is 5.57. The number of aliphatic hydroxyl groups is 1. The zero-order valence-electron chi connectivity index (χ0n) is 12.4. The van der Waals surface area contributed by atoms with Gasteiger partial charge in [0.25, 0.3) is 0 Å². The van der Waals surface area contributed by atoms with Gasteiger partial charge in [0.1, 0.15) is 17.5 Å². The zero-order chi connectivity index (χ0) is 14.6. The van der Waals surface area contributed by atoms with Gasteiger partial charge >= 0.3 is 0 Å². The predicted molar refractivity (Wildman–Crippen MR) is 78.1 cm³/mol. The molecule has 6 nitrogen and oxygen atoms in total. The van der Waals surface area contributed by atoms with E-state index in [1.165, 1.54) is 0 Å². The van der Waals surface area contributed by atoms with Crippen LogP contribution in [0.25, 0.3) is 0 Å². The molecule has 0 aliphatic rings. The van der Waals surface area contributed by atoms with Gasteiger partial charge in [0, 0.05) is 23.6 Å². The Balaban J connectivity index is 3.15. The molecule has 0 saturated heterocycles. The van der Waals surface area contributed by atoms with Gasteiger partial charge in [-0.05, 0) is 20.3 Å². The van der Waals surface area contributed by atoms with Crippen LogP contribution >= 0.6 is 0 Å². The molecule has 1 aromatic rings. The average Bonchev–Trinajstić information content (AvgIpc) is 2.30. The van der Waals surface area contributed by atoms with E-state index in [1.54, 1.807) is 0 Å². The predicted octanol–water partition coefficient (Wildman–Crippen LogP) is 1.55. The molecular weight excluding hydrogens is 242 g/mol. The minimum absolute atomic E-state index is 0.136. The number of aliphatic hydroxyl groups excluding tert-OH is 1. The van der Waals surface area contributed by atoms with Gasteiger partial charge in [0.2, 0.25) is 0 Å². The molecule has 1 unspecified atom stereocenters. The maximum absolute atomic E-state index is 8.96. The van der Waals surface area contributed by atoms with Crippen LogP contribution in [0.15, 0.2) is 0 Å². The Morgan fingerprint density at radius 3 is 2.32 bits per heavy atom. The van der Waals surface area contributed by atoms with E-state index < -0.39 is 0 Å². The summed E-state index contributed by atoms with van der Waals surface area (Å²) in [5.74, 6) is 7.62. The Morgan fingerprint density at radius 2 is 1.84 bits per heavy atom. The molecular formula is C13H25N5O. The third-order valence-electron chi connectivity index (χ3n) is 2.90. The van der Waals surface area contributed by atoms with Crippen LogP contribution in [0.4, 0.5) is 11.6 Å². The van der Waals surface area contributed by atoms with Crippen molar-refractivity contribution in [3.05, 3.63) is 11.4 Å². The van der Waals surface area contributed by atoms with E-state index in [2.05, 4.69) is 41.5 Å². The van der Waals surface area contributed by atoms with Crippen molar-refractivity contribution in [1.29, 1.82) is 0 Å². The van der Waals surface area contributed by atoms with Crippen LogP contribution < -0.4 is 16.6 Å². The Morgan fingerprint density at radius 1 is 1.26 bits per heavy atom. The van der Waals surface area contributed by atoms with E-state index >= 15 is 0 Å². The molecule has 6 heteroatoms. The maximum Gasteiger partial charge on any atom is 0.148 e. The topological polar surface area (TPSA) is 96.1 Å².